The van der Waals surface area contributed by atoms with E-state index in [1.54, 1.807) is 23.0 Å². The van der Waals surface area contributed by atoms with E-state index in [2.05, 4.69) is 21.0 Å². The smallest absolute Gasteiger partial charge is 0.205 e. The Morgan fingerprint density at radius 2 is 1.81 bits per heavy atom. The maximum Gasteiger partial charge on any atom is 0.205 e. The van der Waals surface area contributed by atoms with E-state index in [0.717, 1.165) is 16.9 Å². The van der Waals surface area contributed by atoms with Crippen LogP contribution in [0.1, 0.15) is 42.4 Å². The number of benzene rings is 2. The van der Waals surface area contributed by atoms with Gasteiger partial charge in [0.25, 0.3) is 0 Å². The third-order valence-electron chi connectivity index (χ3n) is 4.63. The molecule has 3 aromatic rings. The molecule has 0 saturated heterocycles. The minimum Gasteiger partial charge on any atom is -0.490 e. The second-order valence-electron chi connectivity index (χ2n) is 6.86. The molecule has 0 aliphatic heterocycles. The van der Waals surface area contributed by atoms with Crippen LogP contribution in [0, 0.1) is 0 Å². The first-order valence-corrected chi connectivity index (χ1v) is 11.4. The van der Waals surface area contributed by atoms with Crippen LogP contribution in [0.25, 0.3) is 6.08 Å². The van der Waals surface area contributed by atoms with Crippen molar-refractivity contribution in [2.24, 2.45) is 0 Å². The van der Waals surface area contributed by atoms with Crippen molar-refractivity contribution in [2.75, 3.05) is 13.2 Å². The summed E-state index contributed by atoms with van der Waals surface area (Å²) in [6.07, 6.45) is 4.96. The van der Waals surface area contributed by atoms with Gasteiger partial charge in [-0.1, -0.05) is 24.3 Å². The number of hydrogen-bond acceptors (Lipinski definition) is 5. The Morgan fingerprint density at radius 3 is 2.56 bits per heavy atom. The van der Waals surface area contributed by atoms with Crippen molar-refractivity contribution in [3.8, 4) is 17.2 Å². The summed E-state index contributed by atoms with van der Waals surface area (Å²) in [6, 6.07) is 13.4. The highest BCUT2D eigenvalue weighted by Gasteiger charge is 2.13. The Balaban J connectivity index is 1.67. The SMILES string of the molecule is CCOc1ccc(COc2cccc(/C=C/C(=O)c3c(Br)cnn3CC)c2)cc1OCC. The zero-order valence-electron chi connectivity index (χ0n) is 18.5. The van der Waals surface area contributed by atoms with E-state index in [0.29, 0.717) is 48.0 Å². The summed E-state index contributed by atoms with van der Waals surface area (Å²) >= 11 is 3.39. The Morgan fingerprint density at radius 1 is 1.03 bits per heavy atom. The zero-order chi connectivity index (χ0) is 22.9. The molecular formula is C25H27BrN2O4. The van der Waals surface area contributed by atoms with Crippen molar-refractivity contribution in [1.29, 1.82) is 0 Å². The van der Waals surface area contributed by atoms with Crippen LogP contribution in [-0.4, -0.2) is 28.8 Å². The van der Waals surface area contributed by atoms with Crippen molar-refractivity contribution in [2.45, 2.75) is 33.9 Å². The van der Waals surface area contributed by atoms with Gasteiger partial charge >= 0.3 is 0 Å². The summed E-state index contributed by atoms with van der Waals surface area (Å²) in [7, 11) is 0. The summed E-state index contributed by atoms with van der Waals surface area (Å²) in [5, 5.41) is 4.19. The molecule has 1 aromatic heterocycles. The molecule has 168 valence electrons. The van der Waals surface area contributed by atoms with Gasteiger partial charge < -0.3 is 14.2 Å². The minimum absolute atomic E-state index is 0.111. The van der Waals surface area contributed by atoms with E-state index in [1.165, 1.54) is 0 Å². The van der Waals surface area contributed by atoms with Gasteiger partial charge in [-0.15, -0.1) is 0 Å². The maximum absolute atomic E-state index is 12.6. The largest absolute Gasteiger partial charge is 0.490 e. The molecule has 0 atom stereocenters. The fourth-order valence-corrected chi connectivity index (χ4v) is 3.65. The highest BCUT2D eigenvalue weighted by molar-refractivity contribution is 9.10. The summed E-state index contributed by atoms with van der Waals surface area (Å²) in [4.78, 5) is 12.6. The fourth-order valence-electron chi connectivity index (χ4n) is 3.16. The van der Waals surface area contributed by atoms with Crippen LogP contribution in [0.15, 0.2) is 59.2 Å². The molecule has 0 bridgehead atoms. The highest BCUT2D eigenvalue weighted by Crippen LogP contribution is 2.29. The van der Waals surface area contributed by atoms with E-state index in [-0.39, 0.29) is 5.78 Å². The van der Waals surface area contributed by atoms with Gasteiger partial charge in [0.2, 0.25) is 5.78 Å². The Bertz CT molecular complexity index is 1090. The summed E-state index contributed by atoms with van der Waals surface area (Å²) in [5.41, 5.74) is 2.39. The van der Waals surface area contributed by atoms with E-state index >= 15 is 0 Å². The number of aryl methyl sites for hydroxylation is 1. The van der Waals surface area contributed by atoms with Crippen molar-refractivity contribution < 1.29 is 19.0 Å². The normalized spacial score (nSPS) is 11.0. The standard InChI is InChI=1S/C25H27BrN2O4/c1-4-28-25(21(26)16-27-28)22(29)12-10-18-8-7-9-20(14-18)32-17-19-11-13-23(30-5-2)24(15-19)31-6-3/h7-16H,4-6,17H2,1-3H3/b12-10+. The molecule has 1 heterocycles. The van der Waals surface area contributed by atoms with Crippen LogP contribution >= 0.6 is 15.9 Å². The summed E-state index contributed by atoms with van der Waals surface area (Å²) < 4.78 is 19.6. The van der Waals surface area contributed by atoms with Crippen LogP contribution < -0.4 is 14.2 Å². The predicted molar refractivity (Wildman–Crippen MR) is 129 cm³/mol. The summed E-state index contributed by atoms with van der Waals surface area (Å²) in [5.74, 6) is 2.04. The zero-order valence-corrected chi connectivity index (χ0v) is 20.1. The number of hydrogen-bond donors (Lipinski definition) is 0. The number of allylic oxidation sites excluding steroid dienone is 1. The number of ether oxygens (including phenoxy) is 3. The molecule has 32 heavy (non-hydrogen) atoms. The lowest BCUT2D eigenvalue weighted by Crippen LogP contribution is -2.07. The van der Waals surface area contributed by atoms with E-state index < -0.39 is 0 Å². The molecule has 0 amide bonds. The molecule has 0 fully saturated rings. The van der Waals surface area contributed by atoms with Crippen LogP contribution in [-0.2, 0) is 13.2 Å². The highest BCUT2D eigenvalue weighted by atomic mass is 79.9. The summed E-state index contributed by atoms with van der Waals surface area (Å²) in [6.45, 7) is 7.99. The van der Waals surface area contributed by atoms with Gasteiger partial charge in [-0.3, -0.25) is 9.48 Å². The molecule has 2 aromatic carbocycles. The lowest BCUT2D eigenvalue weighted by Gasteiger charge is -2.13. The average Bonchev–Trinajstić information content (AvgIpc) is 3.18. The number of aromatic nitrogens is 2. The van der Waals surface area contributed by atoms with Gasteiger partial charge in [-0.05, 0) is 78.2 Å². The fraction of sp³-hybridized carbons (Fsp3) is 0.280. The molecule has 0 aliphatic rings. The van der Waals surface area contributed by atoms with Crippen molar-refractivity contribution >= 4 is 27.8 Å². The van der Waals surface area contributed by atoms with Gasteiger partial charge in [0.1, 0.15) is 18.1 Å². The first-order valence-electron chi connectivity index (χ1n) is 10.6. The minimum atomic E-state index is -0.111. The topological polar surface area (TPSA) is 62.6 Å². The van der Waals surface area contributed by atoms with E-state index in [9.17, 15) is 4.79 Å². The number of halogens is 1. The van der Waals surface area contributed by atoms with Crippen molar-refractivity contribution in [3.05, 3.63) is 76.0 Å². The van der Waals surface area contributed by atoms with Gasteiger partial charge in [-0.25, -0.2) is 0 Å². The van der Waals surface area contributed by atoms with Crippen LogP contribution in [0.3, 0.4) is 0 Å². The number of nitrogens with zero attached hydrogens (tertiary/aromatic N) is 2. The van der Waals surface area contributed by atoms with Gasteiger partial charge in [0.15, 0.2) is 11.5 Å². The number of rotatable bonds is 11. The molecule has 0 spiro atoms. The first-order chi connectivity index (χ1) is 15.5. The molecule has 0 unspecified atom stereocenters. The molecule has 7 heteroatoms. The van der Waals surface area contributed by atoms with Gasteiger partial charge in [-0.2, -0.15) is 5.10 Å². The molecule has 0 radical (unpaired) electrons. The van der Waals surface area contributed by atoms with Crippen LogP contribution in [0.2, 0.25) is 0 Å². The first kappa shape index (κ1) is 23.6. The molecule has 0 saturated carbocycles. The third-order valence-corrected chi connectivity index (χ3v) is 5.21. The molecule has 3 rings (SSSR count). The van der Waals surface area contributed by atoms with E-state index in [4.69, 9.17) is 14.2 Å². The molecule has 6 nitrogen and oxygen atoms in total. The third kappa shape index (κ3) is 6.01. The predicted octanol–water partition coefficient (Wildman–Crippen LogP) is 5.94. The molecule has 0 aliphatic carbocycles. The van der Waals surface area contributed by atoms with Crippen LogP contribution in [0.4, 0.5) is 0 Å². The van der Waals surface area contributed by atoms with Crippen LogP contribution in [0.5, 0.6) is 17.2 Å². The molecule has 0 N–H and O–H groups in total. The Hall–Kier alpha value is -3.06. The number of carbonyl (C=O) groups excluding carboxylic acids is 1. The Labute approximate surface area is 196 Å². The van der Waals surface area contributed by atoms with Crippen molar-refractivity contribution in [1.82, 2.24) is 9.78 Å². The number of carbonyl (C=O) groups is 1. The van der Waals surface area contributed by atoms with Gasteiger partial charge in [0, 0.05) is 6.54 Å². The maximum atomic E-state index is 12.6. The quantitative estimate of drug-likeness (QED) is 0.242. The monoisotopic (exact) mass is 498 g/mol. The van der Waals surface area contributed by atoms with E-state index in [1.807, 2.05) is 63.2 Å². The number of ketones is 1. The lowest BCUT2D eigenvalue weighted by molar-refractivity contribution is 0.103. The second-order valence-corrected chi connectivity index (χ2v) is 7.72. The second kappa shape index (κ2) is 11.5. The lowest BCUT2D eigenvalue weighted by atomic mass is 10.1. The Kier molecular flexibility index (Phi) is 8.50. The molecular weight excluding hydrogens is 472 g/mol. The van der Waals surface area contributed by atoms with Gasteiger partial charge in [0.05, 0.1) is 23.9 Å². The van der Waals surface area contributed by atoms with Crippen molar-refractivity contribution in [3.63, 3.8) is 0 Å². The average molecular weight is 499 g/mol.